The van der Waals surface area contributed by atoms with E-state index in [9.17, 15) is 13.2 Å². The Morgan fingerprint density at radius 3 is 2.65 bits per heavy atom. The number of nitrogens with one attached hydrogen (secondary N) is 1. The fourth-order valence-electron chi connectivity index (χ4n) is 2.12. The summed E-state index contributed by atoms with van der Waals surface area (Å²) in [6.07, 6.45) is -0.445. The predicted molar refractivity (Wildman–Crippen MR) is 73.4 cm³/mol. The van der Waals surface area contributed by atoms with Crippen LogP contribution in [0, 0.1) is 0 Å². The molecule has 0 aliphatic heterocycles. The van der Waals surface area contributed by atoms with Gasteiger partial charge in [-0.2, -0.15) is 13.2 Å². The van der Waals surface area contributed by atoms with Crippen molar-refractivity contribution in [2.75, 3.05) is 6.54 Å². The van der Waals surface area contributed by atoms with Crippen molar-refractivity contribution >= 4 is 10.8 Å². The van der Waals surface area contributed by atoms with E-state index in [4.69, 9.17) is 0 Å². The van der Waals surface area contributed by atoms with Crippen LogP contribution in [-0.2, 0) is 6.54 Å². The first kappa shape index (κ1) is 14.8. The molecule has 1 heterocycles. The minimum absolute atomic E-state index is 0.171. The number of benzene rings is 1. The molecule has 0 aliphatic carbocycles. The van der Waals surface area contributed by atoms with E-state index in [0.717, 1.165) is 16.3 Å². The van der Waals surface area contributed by atoms with E-state index in [1.807, 2.05) is 30.5 Å². The molecule has 0 unspecified atom stereocenters. The van der Waals surface area contributed by atoms with Gasteiger partial charge in [0, 0.05) is 30.7 Å². The molecule has 0 bridgehead atoms. The minimum atomic E-state index is -4.04. The Bertz CT molecular complexity index is 547. The van der Waals surface area contributed by atoms with Crippen LogP contribution in [0.2, 0.25) is 0 Å². The fraction of sp³-hybridized carbons (Fsp3) is 0.400. The highest BCUT2D eigenvalue weighted by atomic mass is 19.4. The van der Waals surface area contributed by atoms with Gasteiger partial charge in [0.05, 0.1) is 0 Å². The summed E-state index contributed by atoms with van der Waals surface area (Å²) in [4.78, 5) is 4.17. The third-order valence-electron chi connectivity index (χ3n) is 3.13. The Morgan fingerprint density at radius 1 is 1.05 bits per heavy atom. The maximum absolute atomic E-state index is 12.0. The number of halogens is 3. The van der Waals surface area contributed by atoms with E-state index in [1.165, 1.54) is 0 Å². The SMILES string of the molecule is FC(F)(F)CCCCNCc1cncc2ccccc12. The van der Waals surface area contributed by atoms with Crippen molar-refractivity contribution in [1.82, 2.24) is 10.3 Å². The van der Waals surface area contributed by atoms with Crippen molar-refractivity contribution in [2.24, 2.45) is 0 Å². The number of alkyl halides is 3. The normalized spacial score (nSPS) is 11.9. The van der Waals surface area contributed by atoms with Crippen molar-refractivity contribution in [2.45, 2.75) is 32.0 Å². The van der Waals surface area contributed by atoms with Gasteiger partial charge in [-0.1, -0.05) is 24.3 Å². The van der Waals surface area contributed by atoms with Crippen LogP contribution in [0.25, 0.3) is 10.8 Å². The Morgan fingerprint density at radius 2 is 1.85 bits per heavy atom. The number of hydrogen-bond acceptors (Lipinski definition) is 2. The van der Waals surface area contributed by atoms with Gasteiger partial charge in [0.1, 0.15) is 0 Å². The summed E-state index contributed by atoms with van der Waals surface area (Å²) in [5, 5.41) is 5.38. The number of aromatic nitrogens is 1. The molecular formula is C15H17F3N2. The molecule has 0 spiro atoms. The van der Waals surface area contributed by atoms with E-state index < -0.39 is 12.6 Å². The van der Waals surface area contributed by atoms with Gasteiger partial charge in [-0.15, -0.1) is 0 Å². The molecule has 0 saturated heterocycles. The van der Waals surface area contributed by atoms with Crippen LogP contribution in [0.15, 0.2) is 36.7 Å². The molecule has 2 nitrogen and oxygen atoms in total. The van der Waals surface area contributed by atoms with Crippen molar-refractivity contribution in [3.63, 3.8) is 0 Å². The number of fused-ring (bicyclic) bond motifs is 1. The molecule has 0 aliphatic rings. The Kier molecular flexibility index (Phi) is 4.95. The van der Waals surface area contributed by atoms with Gasteiger partial charge in [-0.3, -0.25) is 4.98 Å². The molecule has 1 aromatic carbocycles. The lowest BCUT2D eigenvalue weighted by Gasteiger charge is -2.08. The molecule has 20 heavy (non-hydrogen) atoms. The summed E-state index contributed by atoms with van der Waals surface area (Å²) in [7, 11) is 0. The minimum Gasteiger partial charge on any atom is -0.313 e. The molecule has 0 fully saturated rings. The zero-order valence-electron chi connectivity index (χ0n) is 11.1. The second kappa shape index (κ2) is 6.70. The van der Waals surface area contributed by atoms with Gasteiger partial charge >= 0.3 is 6.18 Å². The number of nitrogens with zero attached hydrogens (tertiary/aromatic N) is 1. The lowest BCUT2D eigenvalue weighted by molar-refractivity contribution is -0.135. The van der Waals surface area contributed by atoms with Crippen LogP contribution >= 0.6 is 0 Å². The van der Waals surface area contributed by atoms with Crippen LogP contribution in [0.1, 0.15) is 24.8 Å². The van der Waals surface area contributed by atoms with Gasteiger partial charge in [0.25, 0.3) is 0 Å². The molecule has 1 N–H and O–H groups in total. The van der Waals surface area contributed by atoms with Gasteiger partial charge in [-0.25, -0.2) is 0 Å². The molecule has 0 radical (unpaired) electrons. The highest BCUT2D eigenvalue weighted by Gasteiger charge is 2.25. The average Bonchev–Trinajstić information content (AvgIpc) is 2.41. The summed E-state index contributed by atoms with van der Waals surface area (Å²) >= 11 is 0. The van der Waals surface area contributed by atoms with Gasteiger partial charge in [0.15, 0.2) is 0 Å². The number of pyridine rings is 1. The fourth-order valence-corrected chi connectivity index (χ4v) is 2.12. The average molecular weight is 282 g/mol. The Labute approximate surface area is 116 Å². The summed E-state index contributed by atoms with van der Waals surface area (Å²) in [5.74, 6) is 0. The molecule has 1 aromatic heterocycles. The number of unbranched alkanes of at least 4 members (excludes halogenated alkanes) is 1. The Balaban J connectivity index is 1.79. The lowest BCUT2D eigenvalue weighted by atomic mass is 10.1. The molecule has 5 heteroatoms. The molecular weight excluding hydrogens is 265 g/mol. The second-order valence-corrected chi connectivity index (χ2v) is 4.77. The van der Waals surface area contributed by atoms with Crippen LogP contribution < -0.4 is 5.32 Å². The van der Waals surface area contributed by atoms with E-state index >= 15 is 0 Å². The van der Waals surface area contributed by atoms with Gasteiger partial charge in [0.2, 0.25) is 0 Å². The lowest BCUT2D eigenvalue weighted by Crippen LogP contribution is -2.16. The van der Waals surface area contributed by atoms with Crippen molar-refractivity contribution < 1.29 is 13.2 Å². The Hall–Kier alpha value is -1.62. The first-order valence-electron chi connectivity index (χ1n) is 6.65. The topological polar surface area (TPSA) is 24.9 Å². The third kappa shape index (κ3) is 4.49. The third-order valence-corrected chi connectivity index (χ3v) is 3.13. The van der Waals surface area contributed by atoms with E-state index in [2.05, 4.69) is 10.3 Å². The summed E-state index contributed by atoms with van der Waals surface area (Å²) in [6, 6.07) is 7.94. The molecule has 0 atom stereocenters. The highest BCUT2D eigenvalue weighted by Crippen LogP contribution is 2.22. The summed E-state index contributed by atoms with van der Waals surface area (Å²) in [6.45, 7) is 1.21. The summed E-state index contributed by atoms with van der Waals surface area (Å²) < 4.78 is 35.9. The molecule has 2 rings (SSSR count). The van der Waals surface area contributed by atoms with E-state index in [-0.39, 0.29) is 6.42 Å². The molecule has 0 amide bonds. The maximum atomic E-state index is 12.0. The van der Waals surface area contributed by atoms with Crippen molar-refractivity contribution in [3.8, 4) is 0 Å². The number of hydrogen-bond donors (Lipinski definition) is 1. The second-order valence-electron chi connectivity index (χ2n) is 4.77. The van der Waals surface area contributed by atoms with Gasteiger partial charge < -0.3 is 5.32 Å². The maximum Gasteiger partial charge on any atom is 0.389 e. The first-order chi connectivity index (χ1) is 9.56. The predicted octanol–water partition coefficient (Wildman–Crippen LogP) is 4.06. The smallest absolute Gasteiger partial charge is 0.313 e. The van der Waals surface area contributed by atoms with E-state index in [0.29, 0.717) is 19.5 Å². The van der Waals surface area contributed by atoms with Crippen LogP contribution in [-0.4, -0.2) is 17.7 Å². The standard InChI is InChI=1S/C15H17F3N2/c16-15(17,18)7-3-4-8-19-10-13-11-20-9-12-5-1-2-6-14(12)13/h1-2,5-6,9,11,19H,3-4,7-8,10H2. The molecule has 2 aromatic rings. The van der Waals surface area contributed by atoms with Crippen LogP contribution in [0.5, 0.6) is 0 Å². The van der Waals surface area contributed by atoms with Gasteiger partial charge in [-0.05, 0) is 30.3 Å². The summed E-state index contributed by atoms with van der Waals surface area (Å²) in [5.41, 5.74) is 1.07. The van der Waals surface area contributed by atoms with E-state index in [1.54, 1.807) is 6.20 Å². The van der Waals surface area contributed by atoms with Crippen LogP contribution in [0.3, 0.4) is 0 Å². The molecule has 108 valence electrons. The zero-order valence-corrected chi connectivity index (χ0v) is 11.1. The largest absolute Gasteiger partial charge is 0.389 e. The molecule has 0 saturated carbocycles. The first-order valence-corrected chi connectivity index (χ1v) is 6.65. The van der Waals surface area contributed by atoms with Crippen LogP contribution in [0.4, 0.5) is 13.2 Å². The monoisotopic (exact) mass is 282 g/mol. The zero-order chi connectivity index (χ0) is 14.4. The van der Waals surface area contributed by atoms with Crippen molar-refractivity contribution in [1.29, 1.82) is 0 Å². The quantitative estimate of drug-likeness (QED) is 0.808. The van der Waals surface area contributed by atoms with Crippen molar-refractivity contribution in [3.05, 3.63) is 42.2 Å². The number of rotatable bonds is 6. The highest BCUT2D eigenvalue weighted by molar-refractivity contribution is 5.84.